The average Bonchev–Trinajstić information content (AvgIpc) is 2.50. The molecule has 0 spiro atoms. The maximum Gasteiger partial charge on any atom is 0.162 e. The van der Waals surface area contributed by atoms with Crippen LogP contribution in [0, 0.1) is 5.92 Å². The Morgan fingerprint density at radius 2 is 1.70 bits per heavy atom. The van der Waals surface area contributed by atoms with Crippen molar-refractivity contribution in [3.8, 4) is 11.5 Å². The third-order valence-electron chi connectivity index (χ3n) is 4.27. The van der Waals surface area contributed by atoms with E-state index in [0.29, 0.717) is 11.7 Å². The molecule has 4 heteroatoms. The molecule has 1 aliphatic rings. The maximum absolute atomic E-state index is 6.45. The third-order valence-corrected chi connectivity index (χ3v) is 4.60. The van der Waals surface area contributed by atoms with Crippen LogP contribution in [0.2, 0.25) is 5.02 Å². The van der Waals surface area contributed by atoms with E-state index in [4.69, 9.17) is 21.1 Å². The fraction of sp³-hybridized carbons (Fsp3) is 0.625. The van der Waals surface area contributed by atoms with Gasteiger partial charge in [0.15, 0.2) is 11.5 Å². The van der Waals surface area contributed by atoms with Crippen molar-refractivity contribution in [3.63, 3.8) is 0 Å². The Bertz CT molecular complexity index is 444. The van der Waals surface area contributed by atoms with E-state index in [9.17, 15) is 0 Å². The van der Waals surface area contributed by atoms with Gasteiger partial charge >= 0.3 is 0 Å². The molecule has 1 fully saturated rings. The third kappa shape index (κ3) is 3.21. The SMILES string of the molecule is CNC(c1cc(OC)c(OC)cc1Cl)C1CCCCC1. The van der Waals surface area contributed by atoms with Crippen LogP contribution in [-0.4, -0.2) is 21.3 Å². The molecule has 1 aromatic carbocycles. The molecule has 1 aromatic rings. The molecule has 1 aliphatic carbocycles. The first kappa shape index (κ1) is 15.5. The van der Waals surface area contributed by atoms with Crippen LogP contribution in [-0.2, 0) is 0 Å². The highest BCUT2D eigenvalue weighted by atomic mass is 35.5. The largest absolute Gasteiger partial charge is 0.493 e. The van der Waals surface area contributed by atoms with Crippen molar-refractivity contribution in [1.29, 1.82) is 0 Å². The van der Waals surface area contributed by atoms with Gasteiger partial charge in [0, 0.05) is 17.1 Å². The molecule has 1 unspecified atom stereocenters. The fourth-order valence-corrected chi connectivity index (χ4v) is 3.49. The summed E-state index contributed by atoms with van der Waals surface area (Å²) in [5.41, 5.74) is 1.11. The van der Waals surface area contributed by atoms with Gasteiger partial charge in [-0.3, -0.25) is 0 Å². The van der Waals surface area contributed by atoms with Gasteiger partial charge in [-0.25, -0.2) is 0 Å². The Balaban J connectivity index is 2.33. The van der Waals surface area contributed by atoms with Gasteiger partial charge in [0.1, 0.15) is 0 Å². The Morgan fingerprint density at radius 3 is 2.25 bits per heavy atom. The number of hydrogen-bond acceptors (Lipinski definition) is 3. The number of nitrogens with one attached hydrogen (secondary N) is 1. The molecule has 0 radical (unpaired) electrons. The minimum Gasteiger partial charge on any atom is -0.493 e. The van der Waals surface area contributed by atoms with Gasteiger partial charge in [-0.1, -0.05) is 30.9 Å². The smallest absolute Gasteiger partial charge is 0.162 e. The molecule has 20 heavy (non-hydrogen) atoms. The number of rotatable bonds is 5. The lowest BCUT2D eigenvalue weighted by Crippen LogP contribution is -2.27. The highest BCUT2D eigenvalue weighted by molar-refractivity contribution is 6.31. The van der Waals surface area contributed by atoms with Crippen LogP contribution in [0.3, 0.4) is 0 Å². The topological polar surface area (TPSA) is 30.5 Å². The first-order chi connectivity index (χ1) is 9.71. The van der Waals surface area contributed by atoms with Gasteiger partial charge in [-0.05, 0) is 37.4 Å². The molecule has 0 heterocycles. The van der Waals surface area contributed by atoms with E-state index in [-0.39, 0.29) is 6.04 Å². The molecule has 2 rings (SSSR count). The van der Waals surface area contributed by atoms with E-state index >= 15 is 0 Å². The quantitative estimate of drug-likeness (QED) is 0.883. The summed E-state index contributed by atoms with van der Waals surface area (Å²) in [6.07, 6.45) is 6.50. The molecule has 0 bridgehead atoms. The second-order valence-electron chi connectivity index (χ2n) is 5.39. The molecule has 112 valence electrons. The van der Waals surface area contributed by atoms with Crippen LogP contribution >= 0.6 is 11.6 Å². The van der Waals surface area contributed by atoms with Gasteiger partial charge in [-0.15, -0.1) is 0 Å². The monoisotopic (exact) mass is 297 g/mol. The van der Waals surface area contributed by atoms with Crippen molar-refractivity contribution in [2.24, 2.45) is 5.92 Å². The molecule has 0 aliphatic heterocycles. The van der Waals surface area contributed by atoms with Crippen molar-refractivity contribution in [2.45, 2.75) is 38.1 Å². The summed E-state index contributed by atoms with van der Waals surface area (Å²) in [5, 5.41) is 4.18. The second kappa shape index (κ2) is 7.19. The second-order valence-corrected chi connectivity index (χ2v) is 5.80. The van der Waals surface area contributed by atoms with E-state index in [1.54, 1.807) is 14.2 Å². The lowest BCUT2D eigenvalue weighted by Gasteiger charge is -2.31. The zero-order chi connectivity index (χ0) is 14.5. The minimum absolute atomic E-state index is 0.280. The predicted molar refractivity (Wildman–Crippen MR) is 82.9 cm³/mol. The van der Waals surface area contributed by atoms with Gasteiger partial charge in [0.2, 0.25) is 0 Å². The molecule has 1 atom stereocenters. The molecular weight excluding hydrogens is 274 g/mol. The Hall–Kier alpha value is -0.930. The lowest BCUT2D eigenvalue weighted by molar-refractivity contribution is 0.280. The standard InChI is InChI=1S/C16H24ClNO2/c1-18-16(11-7-5-4-6-8-11)12-9-14(19-2)15(20-3)10-13(12)17/h9-11,16,18H,4-8H2,1-3H3. The van der Waals surface area contributed by atoms with Crippen molar-refractivity contribution in [3.05, 3.63) is 22.7 Å². The van der Waals surface area contributed by atoms with Gasteiger partial charge in [0.25, 0.3) is 0 Å². The molecule has 1 N–H and O–H groups in total. The number of methoxy groups -OCH3 is 2. The lowest BCUT2D eigenvalue weighted by atomic mass is 9.81. The molecule has 0 aromatic heterocycles. The van der Waals surface area contributed by atoms with Crippen LogP contribution in [0.5, 0.6) is 11.5 Å². The number of hydrogen-bond donors (Lipinski definition) is 1. The van der Waals surface area contributed by atoms with Crippen LogP contribution in [0.15, 0.2) is 12.1 Å². The minimum atomic E-state index is 0.280. The summed E-state index contributed by atoms with van der Waals surface area (Å²) in [7, 11) is 5.29. The van der Waals surface area contributed by atoms with E-state index in [2.05, 4.69) is 5.32 Å². The van der Waals surface area contributed by atoms with Crippen LogP contribution in [0.4, 0.5) is 0 Å². The van der Waals surface area contributed by atoms with Crippen LogP contribution < -0.4 is 14.8 Å². The Morgan fingerprint density at radius 1 is 1.10 bits per heavy atom. The molecular formula is C16H24ClNO2. The summed E-state index contributed by atoms with van der Waals surface area (Å²) in [5.74, 6) is 2.06. The summed E-state index contributed by atoms with van der Waals surface area (Å²) in [6, 6.07) is 4.14. The number of halogens is 1. The zero-order valence-electron chi connectivity index (χ0n) is 12.5. The predicted octanol–water partition coefficient (Wildman–Crippen LogP) is 4.20. The van der Waals surface area contributed by atoms with E-state index in [1.807, 2.05) is 19.2 Å². The molecule has 0 saturated heterocycles. The summed E-state index contributed by atoms with van der Waals surface area (Å²) < 4.78 is 10.7. The van der Waals surface area contributed by atoms with Crippen molar-refractivity contribution in [2.75, 3.05) is 21.3 Å². The first-order valence-electron chi connectivity index (χ1n) is 7.30. The van der Waals surface area contributed by atoms with Gasteiger partial charge in [0.05, 0.1) is 14.2 Å². The Kier molecular flexibility index (Phi) is 5.55. The van der Waals surface area contributed by atoms with Crippen LogP contribution in [0.25, 0.3) is 0 Å². The van der Waals surface area contributed by atoms with E-state index in [0.717, 1.165) is 16.3 Å². The molecule has 0 amide bonds. The molecule has 1 saturated carbocycles. The van der Waals surface area contributed by atoms with Gasteiger partial charge < -0.3 is 14.8 Å². The zero-order valence-corrected chi connectivity index (χ0v) is 13.3. The van der Waals surface area contributed by atoms with E-state index in [1.165, 1.54) is 32.1 Å². The van der Waals surface area contributed by atoms with Crippen molar-refractivity contribution >= 4 is 11.6 Å². The average molecular weight is 298 g/mol. The Labute approximate surface area is 126 Å². The fourth-order valence-electron chi connectivity index (χ4n) is 3.22. The normalized spacial score (nSPS) is 17.8. The summed E-state index contributed by atoms with van der Waals surface area (Å²) in [4.78, 5) is 0. The summed E-state index contributed by atoms with van der Waals surface area (Å²) >= 11 is 6.45. The number of benzene rings is 1. The van der Waals surface area contributed by atoms with Crippen LogP contribution in [0.1, 0.15) is 43.7 Å². The van der Waals surface area contributed by atoms with Crippen molar-refractivity contribution in [1.82, 2.24) is 5.32 Å². The van der Waals surface area contributed by atoms with E-state index < -0.39 is 0 Å². The highest BCUT2D eigenvalue weighted by Gasteiger charge is 2.26. The molecule has 3 nitrogen and oxygen atoms in total. The van der Waals surface area contributed by atoms with Gasteiger partial charge in [-0.2, -0.15) is 0 Å². The number of ether oxygens (including phenoxy) is 2. The first-order valence-corrected chi connectivity index (χ1v) is 7.67. The van der Waals surface area contributed by atoms with Crippen molar-refractivity contribution < 1.29 is 9.47 Å². The maximum atomic E-state index is 6.45. The highest BCUT2D eigenvalue weighted by Crippen LogP contribution is 2.41. The summed E-state index contributed by atoms with van der Waals surface area (Å²) in [6.45, 7) is 0.